The van der Waals surface area contributed by atoms with Crippen molar-refractivity contribution < 1.29 is 18.1 Å². The van der Waals surface area contributed by atoms with Crippen molar-refractivity contribution in [2.24, 2.45) is 5.92 Å². The second-order valence-electron chi connectivity index (χ2n) is 2.94. The summed E-state index contributed by atoms with van der Waals surface area (Å²) >= 11 is 0. The van der Waals surface area contributed by atoms with E-state index in [1.54, 1.807) is 13.8 Å². The van der Waals surface area contributed by atoms with Gasteiger partial charge in [0.15, 0.2) is 0 Å². The fraction of sp³-hybridized carbons (Fsp3) is 1.00. The Bertz CT molecular complexity index is 212. The number of aliphatic hydroxyl groups is 1. The minimum atomic E-state index is -3.89. The van der Waals surface area contributed by atoms with Crippen LogP contribution in [-0.2, 0) is 10.1 Å². The van der Waals surface area contributed by atoms with Crippen molar-refractivity contribution in [3.63, 3.8) is 0 Å². The second kappa shape index (κ2) is 4.76. The molecule has 2 unspecified atom stereocenters. The lowest BCUT2D eigenvalue weighted by molar-refractivity contribution is 0.152. The molecule has 0 fully saturated rings. The third-order valence-electron chi connectivity index (χ3n) is 1.26. The zero-order valence-electron chi connectivity index (χ0n) is 7.19. The van der Waals surface area contributed by atoms with Crippen molar-refractivity contribution in [3.8, 4) is 0 Å². The summed E-state index contributed by atoms with van der Waals surface area (Å²) in [6, 6.07) is 0. The van der Waals surface area contributed by atoms with Crippen LogP contribution in [-0.4, -0.2) is 36.6 Å². The lowest BCUT2D eigenvalue weighted by atomic mass is 10.2. The molecule has 0 heterocycles. The Morgan fingerprint density at radius 1 is 1.42 bits per heavy atom. The van der Waals surface area contributed by atoms with Crippen molar-refractivity contribution in [2.75, 3.05) is 12.3 Å². The third-order valence-corrected chi connectivity index (χ3v) is 2.25. The van der Waals surface area contributed by atoms with Crippen LogP contribution < -0.4 is 5.32 Å². The van der Waals surface area contributed by atoms with Crippen LogP contribution in [0.4, 0.5) is 0 Å². The molecule has 0 aromatic carbocycles. The number of rotatable bonds is 5. The highest BCUT2D eigenvalue weighted by atomic mass is 32.2. The molecule has 0 rings (SSSR count). The Hall–Kier alpha value is -0.170. The maximum Gasteiger partial charge on any atom is 0.265 e. The van der Waals surface area contributed by atoms with E-state index >= 15 is 0 Å². The van der Waals surface area contributed by atoms with Crippen LogP contribution >= 0.6 is 0 Å². The predicted molar refractivity (Wildman–Crippen MR) is 45.3 cm³/mol. The molecule has 0 aliphatic carbocycles. The highest BCUT2D eigenvalue weighted by molar-refractivity contribution is 7.85. The van der Waals surface area contributed by atoms with Crippen molar-refractivity contribution in [1.82, 2.24) is 5.32 Å². The van der Waals surface area contributed by atoms with Gasteiger partial charge in [-0.1, -0.05) is 6.92 Å². The van der Waals surface area contributed by atoms with Gasteiger partial charge in [0, 0.05) is 6.54 Å². The molecule has 0 aliphatic rings. The van der Waals surface area contributed by atoms with Gasteiger partial charge in [-0.15, -0.1) is 0 Å². The molecular formula is C6H15NO4S. The molecule has 74 valence electrons. The summed E-state index contributed by atoms with van der Waals surface area (Å²) in [4.78, 5) is 0. The van der Waals surface area contributed by atoms with Gasteiger partial charge in [0.2, 0.25) is 0 Å². The molecule has 12 heavy (non-hydrogen) atoms. The smallest absolute Gasteiger partial charge is 0.265 e. The first-order chi connectivity index (χ1) is 5.31. The zero-order chi connectivity index (χ0) is 9.78. The highest BCUT2D eigenvalue weighted by Crippen LogP contribution is 1.97. The van der Waals surface area contributed by atoms with E-state index in [1.165, 1.54) is 0 Å². The summed E-state index contributed by atoms with van der Waals surface area (Å²) in [7, 11) is -3.89. The van der Waals surface area contributed by atoms with E-state index in [1.807, 2.05) is 0 Å². The predicted octanol–water partition coefficient (Wildman–Crippen LogP) is -0.562. The molecule has 0 bridgehead atoms. The number of aliphatic hydroxyl groups excluding tert-OH is 1. The molecule has 5 nitrogen and oxygen atoms in total. The van der Waals surface area contributed by atoms with Crippen LogP contribution in [0.3, 0.4) is 0 Å². The van der Waals surface area contributed by atoms with Crippen molar-refractivity contribution >= 4 is 10.1 Å². The lowest BCUT2D eigenvalue weighted by Gasteiger charge is -2.12. The Morgan fingerprint density at radius 3 is 2.25 bits per heavy atom. The largest absolute Gasteiger partial charge is 0.379 e. The maximum atomic E-state index is 10.4. The van der Waals surface area contributed by atoms with Gasteiger partial charge < -0.3 is 5.11 Å². The summed E-state index contributed by atoms with van der Waals surface area (Å²) in [6.45, 7) is 3.57. The first-order valence-electron chi connectivity index (χ1n) is 3.68. The molecule has 0 saturated carbocycles. The van der Waals surface area contributed by atoms with Crippen LogP contribution in [0.15, 0.2) is 0 Å². The first-order valence-corrected chi connectivity index (χ1v) is 5.29. The Labute approximate surface area is 72.5 Å². The quantitative estimate of drug-likeness (QED) is 0.406. The third kappa shape index (κ3) is 7.93. The SMILES string of the molecule is CC(CNC(C)O)CS(=O)(=O)O. The molecule has 0 spiro atoms. The fourth-order valence-corrected chi connectivity index (χ4v) is 1.63. The summed E-state index contributed by atoms with van der Waals surface area (Å²) in [5.41, 5.74) is 0. The van der Waals surface area contributed by atoms with Crippen LogP contribution in [0.1, 0.15) is 13.8 Å². The van der Waals surface area contributed by atoms with Crippen LogP contribution in [0.5, 0.6) is 0 Å². The molecule has 6 heteroatoms. The zero-order valence-corrected chi connectivity index (χ0v) is 8.00. The monoisotopic (exact) mass is 197 g/mol. The van der Waals surface area contributed by atoms with Gasteiger partial charge in [0.1, 0.15) is 6.23 Å². The Balaban J connectivity index is 3.68. The van der Waals surface area contributed by atoms with Gasteiger partial charge in [-0.05, 0) is 12.8 Å². The van der Waals surface area contributed by atoms with E-state index in [2.05, 4.69) is 5.32 Å². The van der Waals surface area contributed by atoms with Gasteiger partial charge >= 0.3 is 0 Å². The van der Waals surface area contributed by atoms with Crippen LogP contribution in [0, 0.1) is 5.92 Å². The Kier molecular flexibility index (Phi) is 4.69. The molecule has 0 aromatic heterocycles. The number of hydrogen-bond donors (Lipinski definition) is 3. The normalized spacial score (nSPS) is 17.3. The summed E-state index contributed by atoms with van der Waals surface area (Å²) in [5.74, 6) is -0.498. The van der Waals surface area contributed by atoms with E-state index in [4.69, 9.17) is 9.66 Å². The fourth-order valence-electron chi connectivity index (χ4n) is 0.790. The van der Waals surface area contributed by atoms with Gasteiger partial charge in [0.25, 0.3) is 10.1 Å². The number of hydrogen-bond acceptors (Lipinski definition) is 4. The molecule has 0 amide bonds. The van der Waals surface area contributed by atoms with E-state index < -0.39 is 16.3 Å². The minimum absolute atomic E-state index is 0.213. The molecule has 0 aliphatic heterocycles. The maximum absolute atomic E-state index is 10.4. The van der Waals surface area contributed by atoms with Crippen molar-refractivity contribution in [3.05, 3.63) is 0 Å². The van der Waals surface area contributed by atoms with E-state index in [0.717, 1.165) is 0 Å². The van der Waals surface area contributed by atoms with Gasteiger partial charge in [-0.3, -0.25) is 9.87 Å². The molecule has 0 aromatic rings. The van der Waals surface area contributed by atoms with Gasteiger partial charge in [-0.25, -0.2) is 0 Å². The average molecular weight is 197 g/mol. The lowest BCUT2D eigenvalue weighted by Crippen LogP contribution is -2.32. The number of nitrogens with one attached hydrogen (secondary N) is 1. The van der Waals surface area contributed by atoms with Crippen molar-refractivity contribution in [1.29, 1.82) is 0 Å². The average Bonchev–Trinajstić information content (AvgIpc) is 1.79. The van der Waals surface area contributed by atoms with Crippen molar-refractivity contribution in [2.45, 2.75) is 20.1 Å². The second-order valence-corrected chi connectivity index (χ2v) is 4.44. The highest BCUT2D eigenvalue weighted by Gasteiger charge is 2.12. The van der Waals surface area contributed by atoms with E-state index in [9.17, 15) is 8.42 Å². The molecule has 0 saturated heterocycles. The standard InChI is InChI=1S/C6H15NO4S/c1-5(3-7-6(2)8)4-12(9,10)11/h5-8H,3-4H2,1-2H3,(H,9,10,11). The van der Waals surface area contributed by atoms with Gasteiger partial charge in [0.05, 0.1) is 5.75 Å². The van der Waals surface area contributed by atoms with E-state index in [0.29, 0.717) is 6.54 Å². The molecular weight excluding hydrogens is 182 g/mol. The Morgan fingerprint density at radius 2 is 1.92 bits per heavy atom. The van der Waals surface area contributed by atoms with Crippen LogP contribution in [0.25, 0.3) is 0 Å². The van der Waals surface area contributed by atoms with E-state index in [-0.39, 0.29) is 11.7 Å². The summed E-state index contributed by atoms with van der Waals surface area (Å²) in [5, 5.41) is 11.4. The molecule has 0 radical (unpaired) electrons. The molecule has 3 N–H and O–H groups in total. The minimum Gasteiger partial charge on any atom is -0.379 e. The van der Waals surface area contributed by atoms with Crippen LogP contribution in [0.2, 0.25) is 0 Å². The molecule has 2 atom stereocenters. The topological polar surface area (TPSA) is 86.6 Å². The summed E-state index contributed by atoms with van der Waals surface area (Å²) in [6.07, 6.45) is -0.658. The van der Waals surface area contributed by atoms with Gasteiger partial charge in [-0.2, -0.15) is 8.42 Å². The summed E-state index contributed by atoms with van der Waals surface area (Å²) < 4.78 is 29.1. The first kappa shape index (κ1) is 11.8.